The van der Waals surface area contributed by atoms with Crippen LogP contribution in [0.15, 0.2) is 71.6 Å². The van der Waals surface area contributed by atoms with Crippen LogP contribution in [0.2, 0.25) is 5.02 Å². The van der Waals surface area contributed by atoms with Crippen LogP contribution in [0, 0.1) is 12.7 Å². The summed E-state index contributed by atoms with van der Waals surface area (Å²) in [5, 5.41) is 3.30. The number of carbonyl (C=O) groups excluding carboxylic acids is 2. The first-order valence-electron chi connectivity index (χ1n) is 14.3. The number of benzene rings is 3. The van der Waals surface area contributed by atoms with Crippen LogP contribution >= 0.6 is 11.6 Å². The number of nitrogens with zero attached hydrogens (tertiary/aromatic N) is 2. The van der Waals surface area contributed by atoms with Crippen LogP contribution < -0.4 is 14.4 Å². The first kappa shape index (κ1) is 32.3. The monoisotopic (exact) mass is 629 g/mol. The molecule has 8 nitrogen and oxygen atoms in total. The number of rotatable bonds is 11. The Balaban J connectivity index is 1.72. The molecule has 0 bridgehead atoms. The van der Waals surface area contributed by atoms with Gasteiger partial charge in [0.2, 0.25) is 11.8 Å². The largest absolute Gasteiger partial charge is 0.495 e. The summed E-state index contributed by atoms with van der Waals surface area (Å²) in [6.45, 7) is 2.77. The lowest BCUT2D eigenvalue weighted by atomic mass is 9.95. The maximum absolute atomic E-state index is 14.1. The molecule has 0 aliphatic heterocycles. The molecule has 3 aromatic rings. The topological polar surface area (TPSA) is 96.0 Å². The summed E-state index contributed by atoms with van der Waals surface area (Å²) < 4.78 is 48.2. The van der Waals surface area contributed by atoms with Gasteiger partial charge in [-0.1, -0.05) is 60.7 Å². The van der Waals surface area contributed by atoms with E-state index in [1.165, 1.54) is 60.5 Å². The molecule has 4 rings (SSSR count). The summed E-state index contributed by atoms with van der Waals surface area (Å²) in [7, 11) is -2.91. The number of methoxy groups -OCH3 is 1. The molecule has 1 saturated carbocycles. The van der Waals surface area contributed by atoms with Crippen molar-refractivity contribution in [3.8, 4) is 5.75 Å². The van der Waals surface area contributed by atoms with Gasteiger partial charge in [0.15, 0.2) is 0 Å². The third kappa shape index (κ3) is 8.06. The van der Waals surface area contributed by atoms with Crippen LogP contribution in [-0.4, -0.2) is 50.9 Å². The van der Waals surface area contributed by atoms with Gasteiger partial charge >= 0.3 is 0 Å². The van der Waals surface area contributed by atoms with Gasteiger partial charge in [-0.2, -0.15) is 0 Å². The molecule has 43 heavy (non-hydrogen) atoms. The molecule has 1 aliphatic rings. The Hall–Kier alpha value is -3.63. The van der Waals surface area contributed by atoms with Crippen molar-refractivity contribution in [1.29, 1.82) is 0 Å². The van der Waals surface area contributed by atoms with Gasteiger partial charge in [0.05, 0.1) is 17.7 Å². The zero-order valence-electron chi connectivity index (χ0n) is 24.6. The summed E-state index contributed by atoms with van der Waals surface area (Å²) in [6.07, 6.45) is 4.88. The Labute approximate surface area is 257 Å². The van der Waals surface area contributed by atoms with E-state index in [-0.39, 0.29) is 39.8 Å². The number of sulfonamides is 1. The van der Waals surface area contributed by atoms with E-state index in [4.69, 9.17) is 16.3 Å². The molecule has 1 N–H and O–H groups in total. The SMILES string of the molecule is COc1ccc(Cl)cc1N(CC(=O)N(Cc1ccc(F)cc1)C(C)C(=O)NC1CCCCC1)S(=O)(=O)c1ccc(C)cc1. The number of hydrogen-bond acceptors (Lipinski definition) is 5. The average molecular weight is 630 g/mol. The van der Waals surface area contributed by atoms with Crippen molar-refractivity contribution in [2.24, 2.45) is 0 Å². The number of ether oxygens (including phenoxy) is 1. The number of anilines is 1. The standard InChI is InChI=1S/C32H37ClFN3O5S/c1-22-9-16-28(17-10-22)43(40,41)37(29-19-25(33)13-18-30(29)42-3)21-31(38)36(20-24-11-14-26(34)15-12-24)23(2)32(39)35-27-7-5-4-6-8-27/h9-19,23,27H,4-8,20-21H2,1-3H3,(H,35,39). The van der Waals surface area contributed by atoms with Gasteiger partial charge in [-0.25, -0.2) is 12.8 Å². The Bertz CT molecular complexity index is 1530. The molecule has 0 saturated heterocycles. The second-order valence-electron chi connectivity index (χ2n) is 10.8. The number of hydrogen-bond donors (Lipinski definition) is 1. The highest BCUT2D eigenvalue weighted by atomic mass is 35.5. The highest BCUT2D eigenvalue weighted by molar-refractivity contribution is 7.92. The zero-order valence-corrected chi connectivity index (χ0v) is 26.1. The third-order valence-electron chi connectivity index (χ3n) is 7.68. The minimum Gasteiger partial charge on any atom is -0.495 e. The molecule has 1 fully saturated rings. The molecule has 11 heteroatoms. The van der Waals surface area contributed by atoms with E-state index in [9.17, 15) is 22.4 Å². The lowest BCUT2D eigenvalue weighted by Gasteiger charge is -2.33. The Kier molecular flexibility index (Phi) is 10.7. The van der Waals surface area contributed by atoms with Crippen LogP contribution in [0.1, 0.15) is 50.2 Å². The smallest absolute Gasteiger partial charge is 0.264 e. The van der Waals surface area contributed by atoms with Gasteiger partial charge in [0.25, 0.3) is 10.0 Å². The van der Waals surface area contributed by atoms with Crippen molar-refractivity contribution in [1.82, 2.24) is 10.2 Å². The number of nitrogens with one attached hydrogen (secondary N) is 1. The summed E-state index contributed by atoms with van der Waals surface area (Å²) in [5.41, 5.74) is 1.52. The van der Waals surface area contributed by atoms with E-state index in [2.05, 4.69) is 5.32 Å². The minimum absolute atomic E-state index is 0.0145. The van der Waals surface area contributed by atoms with Gasteiger partial charge in [-0.15, -0.1) is 0 Å². The van der Waals surface area contributed by atoms with Gasteiger partial charge in [0.1, 0.15) is 24.2 Å². The molecule has 0 heterocycles. The molecule has 0 aromatic heterocycles. The maximum Gasteiger partial charge on any atom is 0.264 e. The second-order valence-corrected chi connectivity index (χ2v) is 13.1. The van der Waals surface area contributed by atoms with Crippen molar-refractivity contribution < 1.29 is 27.1 Å². The predicted molar refractivity (Wildman–Crippen MR) is 165 cm³/mol. The fraction of sp³-hybridized carbons (Fsp3) is 0.375. The molecule has 3 aromatic carbocycles. The fourth-order valence-electron chi connectivity index (χ4n) is 5.15. The van der Waals surface area contributed by atoms with Crippen LogP contribution in [0.3, 0.4) is 0 Å². The molecule has 0 spiro atoms. The van der Waals surface area contributed by atoms with Crippen LogP contribution in [0.4, 0.5) is 10.1 Å². The zero-order chi connectivity index (χ0) is 31.1. The molecule has 230 valence electrons. The van der Waals surface area contributed by atoms with Crippen LogP contribution in [-0.2, 0) is 26.2 Å². The van der Waals surface area contributed by atoms with E-state index in [0.717, 1.165) is 42.0 Å². The average Bonchev–Trinajstić information content (AvgIpc) is 2.99. The third-order valence-corrected chi connectivity index (χ3v) is 9.69. The Morgan fingerprint density at radius 3 is 2.30 bits per heavy atom. The maximum atomic E-state index is 14.1. The highest BCUT2D eigenvalue weighted by Gasteiger charge is 2.34. The fourth-order valence-corrected chi connectivity index (χ4v) is 6.73. The summed E-state index contributed by atoms with van der Waals surface area (Å²) in [6, 6.07) is 15.5. The number of amides is 2. The predicted octanol–water partition coefficient (Wildman–Crippen LogP) is 5.86. The summed E-state index contributed by atoms with van der Waals surface area (Å²) >= 11 is 6.28. The van der Waals surface area contributed by atoms with Crippen LogP contribution in [0.25, 0.3) is 0 Å². The molecule has 1 unspecified atom stereocenters. The van der Waals surface area contributed by atoms with Crippen molar-refractivity contribution in [3.05, 3.63) is 88.7 Å². The molecule has 2 amide bonds. The molecule has 1 aliphatic carbocycles. The van der Waals surface area contributed by atoms with Gasteiger partial charge in [-0.3, -0.25) is 13.9 Å². The van der Waals surface area contributed by atoms with Gasteiger partial charge in [0, 0.05) is 17.6 Å². The quantitative estimate of drug-likeness (QED) is 0.287. The molecule has 0 radical (unpaired) electrons. The first-order chi connectivity index (χ1) is 20.5. The molecular weight excluding hydrogens is 593 g/mol. The number of halogens is 2. The highest BCUT2D eigenvalue weighted by Crippen LogP contribution is 2.35. The van der Waals surface area contributed by atoms with Gasteiger partial charge < -0.3 is 15.0 Å². The molecular formula is C32H37ClFN3O5S. The van der Waals surface area contributed by atoms with E-state index in [1.54, 1.807) is 25.1 Å². The summed E-state index contributed by atoms with van der Waals surface area (Å²) in [5.74, 6) is -1.21. The minimum atomic E-state index is -4.30. The number of aryl methyl sites for hydroxylation is 1. The van der Waals surface area contributed by atoms with E-state index < -0.39 is 34.3 Å². The van der Waals surface area contributed by atoms with E-state index in [1.807, 2.05) is 6.92 Å². The Morgan fingerprint density at radius 1 is 1.02 bits per heavy atom. The van der Waals surface area contributed by atoms with Crippen molar-refractivity contribution in [3.63, 3.8) is 0 Å². The van der Waals surface area contributed by atoms with E-state index >= 15 is 0 Å². The molecule has 1 atom stereocenters. The second kappa shape index (κ2) is 14.2. The lowest BCUT2D eigenvalue weighted by Crippen LogP contribution is -2.53. The van der Waals surface area contributed by atoms with Crippen molar-refractivity contribution in [2.45, 2.75) is 69.5 Å². The Morgan fingerprint density at radius 2 is 1.67 bits per heavy atom. The number of carbonyl (C=O) groups is 2. The van der Waals surface area contributed by atoms with Crippen LogP contribution in [0.5, 0.6) is 5.75 Å². The van der Waals surface area contributed by atoms with E-state index in [0.29, 0.717) is 5.56 Å². The lowest BCUT2D eigenvalue weighted by molar-refractivity contribution is -0.139. The van der Waals surface area contributed by atoms with Gasteiger partial charge in [-0.05, 0) is 74.7 Å². The van der Waals surface area contributed by atoms with Crippen molar-refractivity contribution >= 4 is 39.1 Å². The summed E-state index contributed by atoms with van der Waals surface area (Å²) in [4.78, 5) is 28.9. The normalized spacial score (nSPS) is 14.5. The first-order valence-corrected chi connectivity index (χ1v) is 16.1. The van der Waals surface area contributed by atoms with Crippen molar-refractivity contribution in [2.75, 3.05) is 18.0 Å².